The number of aliphatic carboxylic acids is 1. The van der Waals surface area contributed by atoms with Crippen molar-refractivity contribution in [2.75, 3.05) is 25.6 Å². The molecule has 162 valence electrons. The third-order valence-corrected chi connectivity index (χ3v) is 4.10. The highest BCUT2D eigenvalue weighted by atomic mass is 19.4. The van der Waals surface area contributed by atoms with Crippen LogP contribution in [0.1, 0.15) is 16.8 Å². The number of nitrogens with two attached hydrogens (primary N) is 1. The summed E-state index contributed by atoms with van der Waals surface area (Å²) in [4.78, 5) is 24.2. The van der Waals surface area contributed by atoms with E-state index in [-0.39, 0.29) is 11.3 Å². The number of aromatic nitrogens is 1. The van der Waals surface area contributed by atoms with Crippen LogP contribution in [0, 0.1) is 5.92 Å². The second-order valence-electron chi connectivity index (χ2n) is 6.29. The highest BCUT2D eigenvalue weighted by molar-refractivity contribution is 5.97. The fraction of sp³-hybridized carbons (Fsp3) is 0.316. The maximum absolute atomic E-state index is 11.1. The molecule has 8 nitrogen and oxygen atoms in total. The van der Waals surface area contributed by atoms with Crippen LogP contribution in [-0.2, 0) is 9.53 Å². The second kappa shape index (κ2) is 9.92. The van der Waals surface area contributed by atoms with E-state index in [9.17, 15) is 18.0 Å². The molecule has 0 spiro atoms. The molecule has 1 aliphatic heterocycles. The molecule has 1 aromatic carbocycles. The Morgan fingerprint density at radius 2 is 1.83 bits per heavy atom. The minimum Gasteiger partial charge on any atom is -0.493 e. The third-order valence-electron chi connectivity index (χ3n) is 4.10. The van der Waals surface area contributed by atoms with Crippen molar-refractivity contribution in [2.45, 2.75) is 12.6 Å². The third kappa shape index (κ3) is 6.34. The molecule has 0 bridgehead atoms. The average molecular weight is 428 g/mol. The van der Waals surface area contributed by atoms with E-state index in [2.05, 4.69) is 4.98 Å². The van der Waals surface area contributed by atoms with Gasteiger partial charge in [-0.05, 0) is 36.8 Å². The standard InChI is InChI=1S/C17H18N2O4.C2HF3O2/c18-15-14(17(20)21)5-7-19-16(15)12-1-3-13(4-2-12)23-10-11-6-8-22-9-11;3-2(4,5)1(6)7/h1-5,7,11H,6,8-10,18H2,(H,20,21);(H,6,7). The van der Waals surface area contributed by atoms with Gasteiger partial charge in [-0.1, -0.05) is 0 Å². The van der Waals surface area contributed by atoms with Gasteiger partial charge in [0.25, 0.3) is 0 Å². The van der Waals surface area contributed by atoms with Crippen LogP contribution in [0.3, 0.4) is 0 Å². The number of anilines is 1. The van der Waals surface area contributed by atoms with Gasteiger partial charge in [0.05, 0.1) is 30.2 Å². The molecule has 1 unspecified atom stereocenters. The van der Waals surface area contributed by atoms with Crippen molar-refractivity contribution in [1.82, 2.24) is 4.98 Å². The quantitative estimate of drug-likeness (QED) is 0.662. The zero-order chi connectivity index (χ0) is 22.3. The van der Waals surface area contributed by atoms with E-state index in [4.69, 9.17) is 30.2 Å². The Bertz CT molecular complexity index is 881. The Kier molecular flexibility index (Phi) is 7.59. The molecule has 1 saturated heterocycles. The average Bonchev–Trinajstić information content (AvgIpc) is 3.20. The number of nitrogens with zero attached hydrogens (tertiary/aromatic N) is 1. The number of carboxylic acids is 2. The number of nitrogen functional groups attached to an aromatic ring is 1. The Hall–Kier alpha value is -3.34. The number of benzene rings is 1. The molecule has 0 saturated carbocycles. The largest absolute Gasteiger partial charge is 0.493 e. The molecule has 0 amide bonds. The van der Waals surface area contributed by atoms with E-state index < -0.39 is 18.1 Å². The van der Waals surface area contributed by atoms with Gasteiger partial charge in [0.15, 0.2) is 0 Å². The minimum absolute atomic E-state index is 0.0524. The van der Waals surface area contributed by atoms with Crippen molar-refractivity contribution >= 4 is 17.6 Å². The van der Waals surface area contributed by atoms with Crippen molar-refractivity contribution in [1.29, 1.82) is 0 Å². The van der Waals surface area contributed by atoms with Gasteiger partial charge in [0, 0.05) is 24.3 Å². The zero-order valence-corrected chi connectivity index (χ0v) is 15.6. The highest BCUT2D eigenvalue weighted by Gasteiger charge is 2.38. The summed E-state index contributed by atoms with van der Waals surface area (Å²) in [5.41, 5.74) is 7.33. The highest BCUT2D eigenvalue weighted by Crippen LogP contribution is 2.28. The summed E-state index contributed by atoms with van der Waals surface area (Å²) in [6.45, 7) is 2.19. The van der Waals surface area contributed by atoms with Crippen LogP contribution in [-0.4, -0.2) is 53.1 Å². The summed E-state index contributed by atoms with van der Waals surface area (Å²) in [5.74, 6) is -2.62. The summed E-state index contributed by atoms with van der Waals surface area (Å²) < 4.78 is 42.8. The fourth-order valence-electron chi connectivity index (χ4n) is 2.53. The Balaban J connectivity index is 0.000000396. The van der Waals surface area contributed by atoms with E-state index in [0.29, 0.717) is 18.2 Å². The van der Waals surface area contributed by atoms with Crippen LogP contribution in [0.2, 0.25) is 0 Å². The van der Waals surface area contributed by atoms with Gasteiger partial charge in [0.1, 0.15) is 5.75 Å². The molecule has 1 atom stereocenters. The topological polar surface area (TPSA) is 132 Å². The normalized spacial score (nSPS) is 15.8. The van der Waals surface area contributed by atoms with Crippen LogP contribution >= 0.6 is 0 Å². The van der Waals surface area contributed by atoms with Crippen LogP contribution < -0.4 is 10.5 Å². The number of hydrogen-bond donors (Lipinski definition) is 3. The molecular weight excluding hydrogens is 409 g/mol. The van der Waals surface area contributed by atoms with Gasteiger partial charge in [-0.15, -0.1) is 0 Å². The number of pyridine rings is 1. The summed E-state index contributed by atoms with van der Waals surface area (Å²) in [7, 11) is 0. The first kappa shape index (κ1) is 22.9. The number of halogens is 3. The number of carbonyl (C=O) groups is 2. The van der Waals surface area contributed by atoms with Crippen LogP contribution in [0.15, 0.2) is 36.5 Å². The number of carboxylic acid groups (broad SMARTS) is 2. The molecule has 4 N–H and O–H groups in total. The van der Waals surface area contributed by atoms with Crippen LogP contribution in [0.5, 0.6) is 5.75 Å². The predicted octanol–water partition coefficient (Wildman–Crippen LogP) is 3.08. The van der Waals surface area contributed by atoms with Crippen molar-refractivity contribution in [2.24, 2.45) is 5.92 Å². The number of ether oxygens (including phenoxy) is 2. The second-order valence-corrected chi connectivity index (χ2v) is 6.29. The summed E-state index contributed by atoms with van der Waals surface area (Å²) in [6, 6.07) is 8.71. The maximum Gasteiger partial charge on any atom is 0.490 e. The molecular formula is C19H19F3N2O6. The number of hydrogen-bond acceptors (Lipinski definition) is 6. The van der Waals surface area contributed by atoms with Crippen molar-refractivity contribution < 1.29 is 42.4 Å². The first-order valence-electron chi connectivity index (χ1n) is 8.68. The van der Waals surface area contributed by atoms with E-state index >= 15 is 0 Å². The molecule has 3 rings (SSSR count). The first-order valence-corrected chi connectivity index (χ1v) is 8.68. The Labute approximate surface area is 169 Å². The molecule has 2 heterocycles. The fourth-order valence-corrected chi connectivity index (χ4v) is 2.53. The zero-order valence-electron chi connectivity index (χ0n) is 15.6. The number of aromatic carboxylic acids is 1. The van der Waals surface area contributed by atoms with Gasteiger partial charge in [-0.25, -0.2) is 9.59 Å². The van der Waals surface area contributed by atoms with Crippen LogP contribution in [0.25, 0.3) is 11.3 Å². The summed E-state index contributed by atoms with van der Waals surface area (Å²) >= 11 is 0. The maximum atomic E-state index is 11.1. The van der Waals surface area contributed by atoms with Crippen molar-refractivity contribution in [3.05, 3.63) is 42.1 Å². The first-order chi connectivity index (χ1) is 14.1. The molecule has 0 radical (unpaired) electrons. The summed E-state index contributed by atoms with van der Waals surface area (Å²) in [5, 5.41) is 16.2. The minimum atomic E-state index is -5.08. The number of alkyl halides is 3. The van der Waals surface area contributed by atoms with Gasteiger partial charge in [-0.3, -0.25) is 4.98 Å². The van der Waals surface area contributed by atoms with Crippen molar-refractivity contribution in [3.8, 4) is 17.0 Å². The Morgan fingerprint density at radius 1 is 1.20 bits per heavy atom. The van der Waals surface area contributed by atoms with E-state index in [0.717, 1.165) is 30.9 Å². The summed E-state index contributed by atoms with van der Waals surface area (Å²) in [6.07, 6.45) is -2.61. The molecule has 0 aliphatic carbocycles. The molecule has 1 aliphatic rings. The van der Waals surface area contributed by atoms with Gasteiger partial charge in [-0.2, -0.15) is 13.2 Å². The SMILES string of the molecule is Nc1c(C(=O)O)ccnc1-c1ccc(OCC2CCOC2)cc1.O=C(O)C(F)(F)F. The molecule has 30 heavy (non-hydrogen) atoms. The van der Waals surface area contributed by atoms with Gasteiger partial charge in [0.2, 0.25) is 0 Å². The predicted molar refractivity (Wildman–Crippen MR) is 99.2 cm³/mol. The van der Waals surface area contributed by atoms with E-state index in [1.165, 1.54) is 12.3 Å². The lowest BCUT2D eigenvalue weighted by molar-refractivity contribution is -0.192. The van der Waals surface area contributed by atoms with Crippen molar-refractivity contribution in [3.63, 3.8) is 0 Å². The van der Waals surface area contributed by atoms with E-state index in [1.807, 2.05) is 24.3 Å². The number of rotatable bonds is 5. The smallest absolute Gasteiger partial charge is 0.490 e. The Morgan fingerprint density at radius 3 is 2.33 bits per heavy atom. The van der Waals surface area contributed by atoms with Gasteiger partial charge >= 0.3 is 18.1 Å². The molecule has 1 aromatic heterocycles. The lowest BCUT2D eigenvalue weighted by Gasteiger charge is -2.11. The molecule has 2 aromatic rings. The van der Waals surface area contributed by atoms with Gasteiger partial charge < -0.3 is 25.4 Å². The van der Waals surface area contributed by atoms with E-state index in [1.54, 1.807) is 0 Å². The van der Waals surface area contributed by atoms with Crippen LogP contribution in [0.4, 0.5) is 18.9 Å². The molecule has 11 heteroatoms. The molecule has 1 fully saturated rings. The monoisotopic (exact) mass is 428 g/mol. The lowest BCUT2D eigenvalue weighted by Crippen LogP contribution is -2.21. The lowest BCUT2D eigenvalue weighted by atomic mass is 10.1.